The standard InChI is InChI=1S/C16H19BrN2O3S/c1-2-4-13-11-15(18-22-13)16-5-3-10-19(16)23(20,21)14-8-6-12(17)7-9-14/h6-9,11,16H,2-5,10H2,1H3/t16-/m0/s1. The number of aromatic nitrogens is 1. The van der Waals surface area contributed by atoms with Crippen molar-refractivity contribution in [2.75, 3.05) is 6.54 Å². The van der Waals surface area contributed by atoms with Gasteiger partial charge >= 0.3 is 0 Å². The van der Waals surface area contributed by atoms with Crippen LogP contribution in [0.1, 0.15) is 43.7 Å². The molecule has 1 fully saturated rings. The van der Waals surface area contributed by atoms with E-state index in [1.165, 1.54) is 0 Å². The second-order valence-electron chi connectivity index (χ2n) is 5.70. The van der Waals surface area contributed by atoms with Gasteiger partial charge in [0.05, 0.1) is 10.9 Å². The molecule has 0 spiro atoms. The Morgan fingerprint density at radius 1 is 1.35 bits per heavy atom. The first kappa shape index (κ1) is 16.7. The van der Waals surface area contributed by atoms with Crippen LogP contribution in [0.3, 0.4) is 0 Å². The van der Waals surface area contributed by atoms with Crippen LogP contribution in [-0.2, 0) is 16.4 Å². The maximum Gasteiger partial charge on any atom is 0.243 e. The zero-order valence-corrected chi connectivity index (χ0v) is 15.3. The molecule has 0 saturated carbocycles. The number of sulfonamides is 1. The van der Waals surface area contributed by atoms with Crippen LogP contribution >= 0.6 is 15.9 Å². The molecular formula is C16H19BrN2O3S. The van der Waals surface area contributed by atoms with Crippen LogP contribution in [0, 0.1) is 0 Å². The lowest BCUT2D eigenvalue weighted by Crippen LogP contribution is -2.30. The number of hydrogen-bond donors (Lipinski definition) is 0. The van der Waals surface area contributed by atoms with E-state index >= 15 is 0 Å². The summed E-state index contributed by atoms with van der Waals surface area (Å²) in [5, 5.41) is 4.10. The highest BCUT2D eigenvalue weighted by molar-refractivity contribution is 9.10. The van der Waals surface area contributed by atoms with E-state index in [4.69, 9.17) is 4.52 Å². The number of halogens is 1. The fraction of sp³-hybridized carbons (Fsp3) is 0.438. The van der Waals surface area contributed by atoms with E-state index in [0.29, 0.717) is 17.1 Å². The average molecular weight is 399 g/mol. The van der Waals surface area contributed by atoms with Crippen molar-refractivity contribution in [3.05, 3.63) is 46.3 Å². The summed E-state index contributed by atoms with van der Waals surface area (Å²) in [5.41, 5.74) is 0.714. The Labute approximate surface area is 144 Å². The first-order valence-corrected chi connectivity index (χ1v) is 9.98. The maximum absolute atomic E-state index is 12.9. The van der Waals surface area contributed by atoms with Crippen molar-refractivity contribution in [3.8, 4) is 0 Å². The van der Waals surface area contributed by atoms with E-state index in [2.05, 4.69) is 28.0 Å². The van der Waals surface area contributed by atoms with Crippen LogP contribution in [0.25, 0.3) is 0 Å². The Bertz CT molecular complexity index is 771. The van der Waals surface area contributed by atoms with Crippen molar-refractivity contribution in [3.63, 3.8) is 0 Å². The predicted octanol–water partition coefficient (Wildman–Crippen LogP) is 3.92. The smallest absolute Gasteiger partial charge is 0.243 e. The third-order valence-electron chi connectivity index (χ3n) is 4.04. The van der Waals surface area contributed by atoms with Crippen molar-refractivity contribution in [2.24, 2.45) is 0 Å². The fourth-order valence-corrected chi connectivity index (χ4v) is 4.85. The third-order valence-corrected chi connectivity index (χ3v) is 6.49. The van der Waals surface area contributed by atoms with Gasteiger partial charge in [0.25, 0.3) is 0 Å². The van der Waals surface area contributed by atoms with Crippen LogP contribution in [0.4, 0.5) is 0 Å². The first-order chi connectivity index (χ1) is 11.0. The lowest BCUT2D eigenvalue weighted by molar-refractivity contribution is 0.343. The molecule has 7 heteroatoms. The Kier molecular flexibility index (Phi) is 4.89. The molecule has 1 atom stereocenters. The summed E-state index contributed by atoms with van der Waals surface area (Å²) in [6, 6.07) is 8.39. The largest absolute Gasteiger partial charge is 0.361 e. The van der Waals surface area contributed by atoms with Gasteiger partial charge in [0, 0.05) is 23.5 Å². The van der Waals surface area contributed by atoms with Crippen molar-refractivity contribution >= 4 is 26.0 Å². The van der Waals surface area contributed by atoms with E-state index < -0.39 is 10.0 Å². The minimum atomic E-state index is -3.52. The summed E-state index contributed by atoms with van der Waals surface area (Å²) in [6.07, 6.45) is 3.39. The molecule has 3 rings (SSSR count). The van der Waals surface area contributed by atoms with E-state index in [1.807, 2.05) is 6.07 Å². The second-order valence-corrected chi connectivity index (χ2v) is 8.50. The molecule has 5 nitrogen and oxygen atoms in total. The van der Waals surface area contributed by atoms with Crippen molar-refractivity contribution in [2.45, 2.75) is 43.5 Å². The molecule has 1 saturated heterocycles. The zero-order chi connectivity index (χ0) is 16.4. The third kappa shape index (κ3) is 3.36. The molecule has 2 aromatic rings. The van der Waals surface area contributed by atoms with Gasteiger partial charge < -0.3 is 4.52 Å². The van der Waals surface area contributed by atoms with Crippen LogP contribution in [-0.4, -0.2) is 24.4 Å². The van der Waals surface area contributed by atoms with Crippen LogP contribution in [0.5, 0.6) is 0 Å². The van der Waals surface area contributed by atoms with E-state index in [-0.39, 0.29) is 6.04 Å². The molecule has 1 aromatic heterocycles. The summed E-state index contributed by atoms with van der Waals surface area (Å²) in [6.45, 7) is 2.58. The second kappa shape index (κ2) is 6.75. The fourth-order valence-electron chi connectivity index (χ4n) is 2.92. The Hall–Kier alpha value is -1.18. The molecule has 0 unspecified atom stereocenters. The van der Waals surface area contributed by atoms with E-state index in [1.54, 1.807) is 28.6 Å². The maximum atomic E-state index is 12.9. The molecule has 0 amide bonds. The molecular weight excluding hydrogens is 380 g/mol. The highest BCUT2D eigenvalue weighted by atomic mass is 79.9. The van der Waals surface area contributed by atoms with Crippen LogP contribution in [0.15, 0.2) is 44.2 Å². The molecule has 124 valence electrons. The summed E-state index contributed by atoms with van der Waals surface area (Å²) in [4.78, 5) is 0.310. The Morgan fingerprint density at radius 3 is 2.78 bits per heavy atom. The lowest BCUT2D eigenvalue weighted by Gasteiger charge is -2.22. The Balaban J connectivity index is 1.89. The summed E-state index contributed by atoms with van der Waals surface area (Å²) in [7, 11) is -3.52. The zero-order valence-electron chi connectivity index (χ0n) is 12.9. The minimum absolute atomic E-state index is 0.238. The highest BCUT2D eigenvalue weighted by Gasteiger charge is 2.37. The normalized spacial score (nSPS) is 19.3. The van der Waals surface area contributed by atoms with Gasteiger partial charge in [0.15, 0.2) is 0 Å². The number of benzene rings is 1. The van der Waals surface area contributed by atoms with E-state index in [0.717, 1.165) is 35.9 Å². The topological polar surface area (TPSA) is 63.4 Å². The number of aryl methyl sites for hydroxylation is 1. The van der Waals surface area contributed by atoms with Crippen molar-refractivity contribution in [1.82, 2.24) is 9.46 Å². The summed E-state index contributed by atoms with van der Waals surface area (Å²) in [5.74, 6) is 0.815. The van der Waals surface area contributed by atoms with Crippen LogP contribution in [0.2, 0.25) is 0 Å². The molecule has 23 heavy (non-hydrogen) atoms. The van der Waals surface area contributed by atoms with Gasteiger partial charge in [-0.3, -0.25) is 0 Å². The van der Waals surface area contributed by atoms with Gasteiger partial charge in [-0.05, 0) is 43.5 Å². The minimum Gasteiger partial charge on any atom is -0.361 e. The van der Waals surface area contributed by atoms with Gasteiger partial charge in [-0.15, -0.1) is 0 Å². The molecule has 0 aliphatic carbocycles. The van der Waals surface area contributed by atoms with Gasteiger partial charge in [0.2, 0.25) is 10.0 Å². The first-order valence-electron chi connectivity index (χ1n) is 7.75. The van der Waals surface area contributed by atoms with Crippen LogP contribution < -0.4 is 0 Å². The predicted molar refractivity (Wildman–Crippen MR) is 90.5 cm³/mol. The Morgan fingerprint density at radius 2 is 2.09 bits per heavy atom. The molecule has 0 radical (unpaired) electrons. The van der Waals surface area contributed by atoms with Gasteiger partial charge in [-0.1, -0.05) is 28.0 Å². The van der Waals surface area contributed by atoms with Gasteiger partial charge in [-0.25, -0.2) is 8.42 Å². The van der Waals surface area contributed by atoms with Gasteiger partial charge in [-0.2, -0.15) is 4.31 Å². The molecule has 1 aliphatic heterocycles. The molecule has 2 heterocycles. The average Bonchev–Trinajstić information content (AvgIpc) is 3.16. The molecule has 0 N–H and O–H groups in total. The number of hydrogen-bond acceptors (Lipinski definition) is 4. The van der Waals surface area contributed by atoms with Crippen molar-refractivity contribution < 1.29 is 12.9 Å². The van der Waals surface area contributed by atoms with E-state index in [9.17, 15) is 8.42 Å². The summed E-state index contributed by atoms with van der Waals surface area (Å²) >= 11 is 3.33. The number of rotatable bonds is 5. The molecule has 0 bridgehead atoms. The lowest BCUT2D eigenvalue weighted by atomic mass is 10.1. The SMILES string of the molecule is CCCc1cc([C@@H]2CCCN2S(=O)(=O)c2ccc(Br)cc2)no1. The quantitative estimate of drug-likeness (QED) is 0.765. The summed E-state index contributed by atoms with van der Waals surface area (Å²) < 4.78 is 33.6. The van der Waals surface area contributed by atoms with Crippen molar-refractivity contribution in [1.29, 1.82) is 0 Å². The monoisotopic (exact) mass is 398 g/mol. The van der Waals surface area contributed by atoms with Gasteiger partial charge in [0.1, 0.15) is 11.5 Å². The number of nitrogens with zero attached hydrogens (tertiary/aromatic N) is 2. The highest BCUT2D eigenvalue weighted by Crippen LogP contribution is 2.36. The molecule has 1 aliphatic rings. The molecule has 1 aromatic carbocycles.